The number of nitrogens with one attached hydrogen (secondary N) is 3. The summed E-state index contributed by atoms with van der Waals surface area (Å²) in [5, 5.41) is 9.83. The van der Waals surface area contributed by atoms with Gasteiger partial charge in [-0.3, -0.25) is 9.59 Å². The van der Waals surface area contributed by atoms with Crippen LogP contribution in [-0.4, -0.2) is 37.6 Å². The molecule has 0 fully saturated rings. The number of aldehydes is 2. The number of halogens is 1. The topological polar surface area (TPSA) is 100 Å². The van der Waals surface area contributed by atoms with Crippen LogP contribution >= 0.6 is 0 Å². The van der Waals surface area contributed by atoms with Crippen molar-refractivity contribution in [3.63, 3.8) is 0 Å². The summed E-state index contributed by atoms with van der Waals surface area (Å²) in [4.78, 5) is 37.8. The molecule has 0 bridgehead atoms. The number of amides is 1. The van der Waals surface area contributed by atoms with Gasteiger partial charge in [-0.25, -0.2) is 9.37 Å². The molecule has 0 spiro atoms. The first-order valence-corrected chi connectivity index (χ1v) is 17.0. The van der Waals surface area contributed by atoms with E-state index in [0.29, 0.717) is 17.4 Å². The fraction of sp³-hybridized carbons (Fsp3) is 0.182. The molecule has 6 rings (SSSR count). The molecule has 1 amide bonds. The zero-order valence-electron chi connectivity index (χ0n) is 30.2. The molecule has 0 aliphatic rings. The standard InChI is InChI=1S/C17H21N.C16H14FNO2.C11H10N2O/c1-17(2,3)14-11-9-13(10-12-14)15-7-5-6-8-16(15)18-4;17-14-8-6-12(7-9-14)10-16(20)18-15(11-19)13-4-2-1-3-5-13;1-12-11-5-3-9-6-8(7-14)2-4-10(9)13-11/h5-12,18H,1-4H3;1-9,11,15H,10H2,(H,18,20);2-7H,1H3,(H,12,13). The first-order chi connectivity index (χ1) is 25.0. The van der Waals surface area contributed by atoms with E-state index in [4.69, 9.17) is 0 Å². The van der Waals surface area contributed by atoms with E-state index < -0.39 is 6.04 Å². The summed E-state index contributed by atoms with van der Waals surface area (Å²) in [7, 11) is 3.79. The van der Waals surface area contributed by atoms with Crippen molar-refractivity contribution in [1.29, 1.82) is 0 Å². The van der Waals surface area contributed by atoms with Crippen LogP contribution in [0.15, 0.2) is 133 Å². The van der Waals surface area contributed by atoms with E-state index >= 15 is 0 Å². The molecule has 1 heterocycles. The van der Waals surface area contributed by atoms with Gasteiger partial charge in [0.25, 0.3) is 0 Å². The summed E-state index contributed by atoms with van der Waals surface area (Å²) in [5.41, 5.74) is 8.25. The van der Waals surface area contributed by atoms with Crippen LogP contribution in [0, 0.1) is 5.82 Å². The van der Waals surface area contributed by atoms with E-state index in [9.17, 15) is 18.8 Å². The van der Waals surface area contributed by atoms with Crippen molar-refractivity contribution in [2.45, 2.75) is 38.6 Å². The number of benzene rings is 5. The third kappa shape index (κ3) is 11.2. The van der Waals surface area contributed by atoms with Crippen molar-refractivity contribution in [1.82, 2.24) is 10.3 Å². The van der Waals surface area contributed by atoms with Crippen LogP contribution in [0.4, 0.5) is 15.9 Å². The van der Waals surface area contributed by atoms with E-state index in [1.54, 1.807) is 42.5 Å². The molecule has 0 saturated heterocycles. The molecule has 0 aliphatic carbocycles. The lowest BCUT2D eigenvalue weighted by Gasteiger charge is -2.19. The molecule has 6 aromatic rings. The quantitative estimate of drug-likeness (QED) is 0.130. The van der Waals surface area contributed by atoms with E-state index in [-0.39, 0.29) is 23.6 Å². The second kappa shape index (κ2) is 18.7. The lowest BCUT2D eigenvalue weighted by Crippen LogP contribution is -2.30. The van der Waals surface area contributed by atoms with Crippen LogP contribution in [0.1, 0.15) is 53.9 Å². The predicted molar refractivity (Wildman–Crippen MR) is 210 cm³/mol. The number of pyridine rings is 1. The Hall–Kier alpha value is -6.15. The van der Waals surface area contributed by atoms with Crippen LogP contribution in [0.5, 0.6) is 0 Å². The SMILES string of the molecule is CNc1ccc2cc(C=O)ccc2n1.CNc1ccccc1-c1ccc(C(C)(C)C)cc1.O=CC(NC(=O)Cc1ccc(F)cc1)c1ccccc1. The Morgan fingerprint density at radius 3 is 2.06 bits per heavy atom. The number of aromatic nitrogens is 1. The Morgan fingerprint density at radius 2 is 1.44 bits per heavy atom. The van der Waals surface area contributed by atoms with Gasteiger partial charge in [-0.1, -0.05) is 106 Å². The Balaban J connectivity index is 0.000000177. The summed E-state index contributed by atoms with van der Waals surface area (Å²) in [6, 6.07) is 40.6. The van der Waals surface area contributed by atoms with Gasteiger partial charge in [0.15, 0.2) is 0 Å². The Kier molecular flexibility index (Phi) is 13.9. The number of carbonyl (C=O) groups is 3. The lowest BCUT2D eigenvalue weighted by molar-refractivity contribution is -0.123. The second-order valence-corrected chi connectivity index (χ2v) is 13.0. The van der Waals surface area contributed by atoms with Crippen molar-refractivity contribution >= 4 is 40.9 Å². The Labute approximate surface area is 305 Å². The number of fused-ring (bicyclic) bond motifs is 1. The van der Waals surface area contributed by atoms with Crippen molar-refractivity contribution in [2.75, 3.05) is 24.7 Å². The van der Waals surface area contributed by atoms with Crippen LogP contribution in [0.3, 0.4) is 0 Å². The number of carbonyl (C=O) groups excluding carboxylic acids is 3. The van der Waals surface area contributed by atoms with Gasteiger partial charge in [-0.2, -0.15) is 0 Å². The molecular weight excluding hydrogens is 652 g/mol. The van der Waals surface area contributed by atoms with Crippen LogP contribution in [-0.2, 0) is 21.4 Å². The van der Waals surface area contributed by atoms with Gasteiger partial charge < -0.3 is 20.7 Å². The van der Waals surface area contributed by atoms with Gasteiger partial charge in [0.05, 0.1) is 11.9 Å². The van der Waals surface area contributed by atoms with Crippen molar-refractivity contribution < 1.29 is 18.8 Å². The molecule has 0 radical (unpaired) electrons. The highest BCUT2D eigenvalue weighted by Gasteiger charge is 2.14. The van der Waals surface area contributed by atoms with E-state index in [1.807, 2.05) is 44.4 Å². The number of hydrogen-bond donors (Lipinski definition) is 3. The van der Waals surface area contributed by atoms with E-state index in [1.165, 1.54) is 34.5 Å². The maximum atomic E-state index is 12.8. The molecule has 1 aromatic heterocycles. The summed E-state index contributed by atoms with van der Waals surface area (Å²) in [6.07, 6.45) is 1.64. The van der Waals surface area contributed by atoms with Gasteiger partial charge in [0.1, 0.15) is 30.2 Å². The van der Waals surface area contributed by atoms with Crippen LogP contribution < -0.4 is 16.0 Å². The molecule has 0 saturated carbocycles. The highest BCUT2D eigenvalue weighted by molar-refractivity contribution is 5.87. The minimum Gasteiger partial charge on any atom is -0.388 e. The van der Waals surface area contributed by atoms with Crippen molar-refractivity contribution in [3.8, 4) is 11.1 Å². The van der Waals surface area contributed by atoms with Crippen molar-refractivity contribution in [3.05, 3.63) is 162 Å². The average molecular weight is 697 g/mol. The van der Waals surface area contributed by atoms with Gasteiger partial charge in [0.2, 0.25) is 5.91 Å². The number of hydrogen-bond acceptors (Lipinski definition) is 6. The highest BCUT2D eigenvalue weighted by atomic mass is 19.1. The normalized spacial score (nSPS) is 11.1. The van der Waals surface area contributed by atoms with Gasteiger partial charge in [0, 0.05) is 36.3 Å². The van der Waals surface area contributed by atoms with E-state index in [0.717, 1.165) is 28.6 Å². The fourth-order valence-electron chi connectivity index (χ4n) is 5.33. The lowest BCUT2D eigenvalue weighted by atomic mass is 9.86. The summed E-state index contributed by atoms with van der Waals surface area (Å²) in [6.45, 7) is 6.72. The maximum Gasteiger partial charge on any atom is 0.225 e. The predicted octanol–water partition coefficient (Wildman–Crippen LogP) is 9.21. The number of nitrogens with zero attached hydrogens (tertiary/aromatic N) is 1. The Bertz CT molecular complexity index is 2060. The molecule has 8 heteroatoms. The largest absolute Gasteiger partial charge is 0.388 e. The summed E-state index contributed by atoms with van der Waals surface area (Å²) in [5.74, 6) is 0.207. The number of rotatable bonds is 9. The molecule has 1 unspecified atom stereocenters. The van der Waals surface area contributed by atoms with Crippen LogP contribution in [0.25, 0.3) is 22.0 Å². The molecule has 266 valence electrons. The maximum absolute atomic E-state index is 12.8. The third-order valence-electron chi connectivity index (χ3n) is 8.25. The number of para-hydroxylation sites is 1. The monoisotopic (exact) mass is 696 g/mol. The first-order valence-electron chi connectivity index (χ1n) is 17.0. The zero-order chi connectivity index (χ0) is 37.5. The van der Waals surface area contributed by atoms with Gasteiger partial charge in [-0.05, 0) is 76.2 Å². The van der Waals surface area contributed by atoms with Gasteiger partial charge >= 0.3 is 0 Å². The average Bonchev–Trinajstić information content (AvgIpc) is 3.18. The molecule has 7 nitrogen and oxygen atoms in total. The Morgan fingerprint density at radius 1 is 0.769 bits per heavy atom. The number of anilines is 2. The third-order valence-corrected chi connectivity index (χ3v) is 8.25. The molecule has 3 N–H and O–H groups in total. The molecule has 5 aromatic carbocycles. The smallest absolute Gasteiger partial charge is 0.225 e. The molecule has 1 atom stereocenters. The summed E-state index contributed by atoms with van der Waals surface area (Å²) >= 11 is 0. The van der Waals surface area contributed by atoms with Crippen molar-refractivity contribution in [2.24, 2.45) is 0 Å². The minimum absolute atomic E-state index is 0.109. The molecule has 0 aliphatic heterocycles. The van der Waals surface area contributed by atoms with Crippen LogP contribution in [0.2, 0.25) is 0 Å². The molecular formula is C44H45FN4O3. The van der Waals surface area contributed by atoms with Gasteiger partial charge in [-0.15, -0.1) is 0 Å². The summed E-state index contributed by atoms with van der Waals surface area (Å²) < 4.78 is 12.8. The fourth-order valence-corrected chi connectivity index (χ4v) is 5.33. The zero-order valence-corrected chi connectivity index (χ0v) is 30.2. The highest BCUT2D eigenvalue weighted by Crippen LogP contribution is 2.30. The second-order valence-electron chi connectivity index (χ2n) is 13.0. The van der Waals surface area contributed by atoms with E-state index in [2.05, 4.69) is 90.2 Å². The minimum atomic E-state index is -0.663. The first kappa shape index (κ1) is 38.6. The molecule has 52 heavy (non-hydrogen) atoms.